The molecular weight excluding hydrogens is 254 g/mol. The van der Waals surface area contributed by atoms with Crippen molar-refractivity contribution in [1.82, 2.24) is 5.32 Å². The number of amides is 1. The van der Waals surface area contributed by atoms with Crippen LogP contribution in [0, 0.1) is 5.41 Å². The topological polar surface area (TPSA) is 66.4 Å². The number of benzene rings is 1. The summed E-state index contributed by atoms with van der Waals surface area (Å²) in [6, 6.07) is 9.24. The maximum atomic E-state index is 12.0. The van der Waals surface area contributed by atoms with Gasteiger partial charge in [-0.2, -0.15) is 0 Å². The van der Waals surface area contributed by atoms with Crippen LogP contribution in [0.3, 0.4) is 0 Å². The first-order chi connectivity index (χ1) is 9.28. The molecule has 0 radical (unpaired) electrons. The van der Waals surface area contributed by atoms with Crippen molar-refractivity contribution in [2.75, 3.05) is 0 Å². The standard InChI is InChI=1S/C16H23NO3/c1-16(2,3)11-14(18)17-13(9-10-15(19)20)12-7-5-4-6-8-12/h4-8,13H,9-11H2,1-3H3,(H,17,18)(H,19,20)/t13-/m1/s1. The van der Waals surface area contributed by atoms with Crippen molar-refractivity contribution in [1.29, 1.82) is 0 Å². The Kier molecular flexibility index (Phi) is 5.74. The minimum absolute atomic E-state index is 0.0371. The minimum atomic E-state index is -0.851. The van der Waals surface area contributed by atoms with Crippen molar-refractivity contribution < 1.29 is 14.7 Å². The number of carboxylic acid groups (broad SMARTS) is 1. The number of nitrogens with one attached hydrogen (secondary N) is 1. The van der Waals surface area contributed by atoms with Crippen molar-refractivity contribution in [3.8, 4) is 0 Å². The van der Waals surface area contributed by atoms with Crippen LogP contribution in [0.4, 0.5) is 0 Å². The molecule has 0 aliphatic heterocycles. The zero-order chi connectivity index (χ0) is 15.2. The average molecular weight is 277 g/mol. The van der Waals surface area contributed by atoms with E-state index in [2.05, 4.69) is 5.32 Å². The van der Waals surface area contributed by atoms with Crippen molar-refractivity contribution >= 4 is 11.9 Å². The lowest BCUT2D eigenvalue weighted by Gasteiger charge is -2.22. The molecule has 1 aromatic carbocycles. The van der Waals surface area contributed by atoms with Gasteiger partial charge in [-0.1, -0.05) is 51.1 Å². The first-order valence-electron chi connectivity index (χ1n) is 6.84. The van der Waals surface area contributed by atoms with Crippen LogP contribution in [0.25, 0.3) is 0 Å². The van der Waals surface area contributed by atoms with Gasteiger partial charge in [-0.25, -0.2) is 0 Å². The van der Waals surface area contributed by atoms with E-state index in [-0.39, 0.29) is 23.8 Å². The molecule has 0 fully saturated rings. The molecule has 1 rings (SSSR count). The van der Waals surface area contributed by atoms with Crippen LogP contribution in [0.15, 0.2) is 30.3 Å². The molecule has 1 atom stereocenters. The molecule has 0 aliphatic carbocycles. The second kappa shape index (κ2) is 7.08. The van der Waals surface area contributed by atoms with Gasteiger partial charge >= 0.3 is 5.97 Å². The Morgan fingerprint density at radius 1 is 1.20 bits per heavy atom. The highest BCUT2D eigenvalue weighted by atomic mass is 16.4. The summed E-state index contributed by atoms with van der Waals surface area (Å²) in [4.78, 5) is 22.8. The summed E-state index contributed by atoms with van der Waals surface area (Å²) in [7, 11) is 0. The Hall–Kier alpha value is -1.84. The number of carboxylic acids is 1. The molecule has 0 unspecified atom stereocenters. The highest BCUT2D eigenvalue weighted by Crippen LogP contribution is 2.22. The van der Waals surface area contributed by atoms with Gasteiger partial charge in [0.25, 0.3) is 0 Å². The van der Waals surface area contributed by atoms with Crippen molar-refractivity contribution in [2.45, 2.75) is 46.1 Å². The summed E-state index contributed by atoms with van der Waals surface area (Å²) in [6.45, 7) is 6.00. The highest BCUT2D eigenvalue weighted by Gasteiger charge is 2.20. The van der Waals surface area contributed by atoms with Gasteiger partial charge in [0.15, 0.2) is 0 Å². The van der Waals surface area contributed by atoms with E-state index in [9.17, 15) is 9.59 Å². The highest BCUT2D eigenvalue weighted by molar-refractivity contribution is 5.77. The minimum Gasteiger partial charge on any atom is -0.481 e. The molecule has 1 amide bonds. The molecule has 0 spiro atoms. The fraction of sp³-hybridized carbons (Fsp3) is 0.500. The van der Waals surface area contributed by atoms with Crippen LogP contribution in [-0.2, 0) is 9.59 Å². The van der Waals surface area contributed by atoms with E-state index in [0.29, 0.717) is 12.8 Å². The Balaban J connectivity index is 2.73. The van der Waals surface area contributed by atoms with Crippen LogP contribution < -0.4 is 5.32 Å². The Morgan fingerprint density at radius 3 is 2.30 bits per heavy atom. The van der Waals surface area contributed by atoms with Gasteiger partial charge in [-0.05, 0) is 17.4 Å². The number of hydrogen-bond donors (Lipinski definition) is 2. The van der Waals surface area contributed by atoms with Crippen LogP contribution in [0.5, 0.6) is 0 Å². The number of aliphatic carboxylic acids is 1. The SMILES string of the molecule is CC(C)(C)CC(=O)N[C@H](CCC(=O)O)c1ccccc1. The molecule has 4 heteroatoms. The maximum absolute atomic E-state index is 12.0. The van der Waals surface area contributed by atoms with Gasteiger partial charge in [0.1, 0.15) is 0 Å². The lowest BCUT2D eigenvalue weighted by atomic mass is 9.91. The normalized spacial score (nSPS) is 12.8. The van der Waals surface area contributed by atoms with E-state index >= 15 is 0 Å². The van der Waals surface area contributed by atoms with Gasteiger partial charge in [-0.3, -0.25) is 9.59 Å². The summed E-state index contributed by atoms with van der Waals surface area (Å²) in [6.07, 6.45) is 0.855. The molecule has 0 bridgehead atoms. The molecule has 0 aromatic heterocycles. The van der Waals surface area contributed by atoms with Crippen molar-refractivity contribution in [3.63, 3.8) is 0 Å². The Morgan fingerprint density at radius 2 is 1.80 bits per heavy atom. The van der Waals surface area contributed by atoms with E-state index in [0.717, 1.165) is 5.56 Å². The van der Waals surface area contributed by atoms with Crippen LogP contribution in [0.1, 0.15) is 51.6 Å². The van der Waals surface area contributed by atoms with Gasteiger partial charge < -0.3 is 10.4 Å². The van der Waals surface area contributed by atoms with E-state index in [4.69, 9.17) is 5.11 Å². The largest absolute Gasteiger partial charge is 0.481 e. The monoisotopic (exact) mass is 277 g/mol. The third-order valence-electron chi connectivity index (χ3n) is 2.87. The lowest BCUT2D eigenvalue weighted by Crippen LogP contribution is -2.31. The molecule has 0 saturated carbocycles. The van der Waals surface area contributed by atoms with E-state index in [1.807, 2.05) is 51.1 Å². The maximum Gasteiger partial charge on any atom is 0.303 e. The fourth-order valence-electron chi connectivity index (χ4n) is 2.00. The zero-order valence-electron chi connectivity index (χ0n) is 12.3. The predicted octanol–water partition coefficient (Wildman–Crippen LogP) is 3.14. The average Bonchev–Trinajstić information content (AvgIpc) is 2.33. The number of carbonyl (C=O) groups excluding carboxylic acids is 1. The number of rotatable bonds is 6. The first-order valence-corrected chi connectivity index (χ1v) is 6.84. The molecule has 110 valence electrons. The van der Waals surface area contributed by atoms with Crippen LogP contribution in [0.2, 0.25) is 0 Å². The van der Waals surface area contributed by atoms with Gasteiger partial charge in [0.05, 0.1) is 6.04 Å². The summed E-state index contributed by atoms with van der Waals surface area (Å²) >= 11 is 0. The van der Waals surface area contributed by atoms with Crippen molar-refractivity contribution in [3.05, 3.63) is 35.9 Å². The van der Waals surface area contributed by atoms with Gasteiger partial charge in [0, 0.05) is 12.8 Å². The van der Waals surface area contributed by atoms with Crippen LogP contribution >= 0.6 is 0 Å². The van der Waals surface area contributed by atoms with E-state index in [1.54, 1.807) is 0 Å². The smallest absolute Gasteiger partial charge is 0.303 e. The molecule has 2 N–H and O–H groups in total. The van der Waals surface area contributed by atoms with Gasteiger partial charge in [0.2, 0.25) is 5.91 Å². The summed E-state index contributed by atoms with van der Waals surface area (Å²) in [5.41, 5.74) is 0.856. The Bertz CT molecular complexity index is 449. The first kappa shape index (κ1) is 16.2. The lowest BCUT2D eigenvalue weighted by molar-refractivity contribution is -0.137. The summed E-state index contributed by atoms with van der Waals surface area (Å²) in [5.74, 6) is -0.896. The second-order valence-corrected chi connectivity index (χ2v) is 6.20. The second-order valence-electron chi connectivity index (χ2n) is 6.20. The third kappa shape index (κ3) is 6.36. The molecule has 4 nitrogen and oxygen atoms in total. The fourth-order valence-corrected chi connectivity index (χ4v) is 2.00. The molecule has 0 heterocycles. The predicted molar refractivity (Wildman–Crippen MR) is 78.3 cm³/mol. The molecule has 20 heavy (non-hydrogen) atoms. The molecule has 1 aromatic rings. The van der Waals surface area contributed by atoms with E-state index in [1.165, 1.54) is 0 Å². The van der Waals surface area contributed by atoms with Crippen molar-refractivity contribution in [2.24, 2.45) is 5.41 Å². The molecular formula is C16H23NO3. The summed E-state index contributed by atoms with van der Waals surface area (Å²) in [5, 5.41) is 11.8. The Labute approximate surface area is 120 Å². The summed E-state index contributed by atoms with van der Waals surface area (Å²) < 4.78 is 0. The third-order valence-corrected chi connectivity index (χ3v) is 2.87. The van der Waals surface area contributed by atoms with Gasteiger partial charge in [-0.15, -0.1) is 0 Å². The number of carbonyl (C=O) groups is 2. The van der Waals surface area contributed by atoms with Crippen LogP contribution in [-0.4, -0.2) is 17.0 Å². The van der Waals surface area contributed by atoms with E-state index < -0.39 is 5.97 Å². The zero-order valence-corrected chi connectivity index (χ0v) is 12.3. The molecule has 0 saturated heterocycles. The quantitative estimate of drug-likeness (QED) is 0.839. The number of hydrogen-bond acceptors (Lipinski definition) is 2. The molecule has 0 aliphatic rings.